The molecule has 15 heavy (non-hydrogen) atoms. The molecule has 0 saturated carbocycles. The van der Waals surface area contributed by atoms with Crippen molar-refractivity contribution in [2.75, 3.05) is 6.61 Å². The number of hydrogen-bond acceptors (Lipinski definition) is 2. The van der Waals surface area contributed by atoms with Gasteiger partial charge in [-0.25, -0.2) is 0 Å². The second kappa shape index (κ2) is 4.28. The number of fused-ring (bicyclic) bond motifs is 3. The van der Waals surface area contributed by atoms with E-state index in [1.807, 2.05) is 0 Å². The summed E-state index contributed by atoms with van der Waals surface area (Å²) in [6.07, 6.45) is 0.192. The molecule has 1 aliphatic rings. The highest BCUT2D eigenvalue weighted by atomic mass is 16.6. The second-order valence-corrected chi connectivity index (χ2v) is 3.55. The first-order chi connectivity index (χ1) is 7.24. The fourth-order valence-electron chi connectivity index (χ4n) is 1.29. The van der Waals surface area contributed by atoms with Gasteiger partial charge >= 0.3 is 5.97 Å². The molecule has 1 atom stereocenters. The van der Waals surface area contributed by atoms with Crippen molar-refractivity contribution in [2.45, 2.75) is 12.5 Å². The predicted octanol–water partition coefficient (Wildman–Crippen LogP) is 2.14. The van der Waals surface area contributed by atoms with Crippen molar-refractivity contribution in [3.8, 4) is 0 Å². The van der Waals surface area contributed by atoms with Crippen LogP contribution in [0.5, 0.6) is 0 Å². The van der Waals surface area contributed by atoms with E-state index in [1.165, 1.54) is 10.8 Å². The average Bonchev–Trinajstić information content (AvgIpc) is 3.05. The summed E-state index contributed by atoms with van der Waals surface area (Å²) >= 11 is 0. The Kier molecular flexibility index (Phi) is 2.83. The number of hydrogen-bond donors (Lipinski definition) is 1. The minimum absolute atomic E-state index is 0.0255. The molecule has 0 aliphatic carbocycles. The van der Waals surface area contributed by atoms with Gasteiger partial charge in [0.15, 0.2) is 0 Å². The summed E-state index contributed by atoms with van der Waals surface area (Å²) in [5, 5.41) is 10.7. The van der Waals surface area contributed by atoms with Crippen LogP contribution in [0.1, 0.15) is 6.42 Å². The Labute approximate surface area is 87.6 Å². The SMILES string of the molecule is O=C(O)CC1CO1.c1cc2ccc1cc2. The van der Waals surface area contributed by atoms with E-state index in [9.17, 15) is 4.79 Å². The Morgan fingerprint density at radius 3 is 1.73 bits per heavy atom. The summed E-state index contributed by atoms with van der Waals surface area (Å²) in [5.74, 6) is -0.775. The number of carbonyl (C=O) groups is 1. The van der Waals surface area contributed by atoms with E-state index in [2.05, 4.69) is 41.1 Å². The lowest BCUT2D eigenvalue weighted by molar-refractivity contribution is -0.137. The molecule has 3 nitrogen and oxygen atoms in total. The van der Waals surface area contributed by atoms with E-state index in [4.69, 9.17) is 5.11 Å². The molecule has 1 fully saturated rings. The molecule has 3 heteroatoms. The maximum Gasteiger partial charge on any atom is 0.306 e. The Bertz CT molecular complexity index is 357. The van der Waals surface area contributed by atoms with Crippen molar-refractivity contribution in [3.05, 3.63) is 36.4 Å². The van der Waals surface area contributed by atoms with Crippen LogP contribution in [-0.4, -0.2) is 23.8 Å². The van der Waals surface area contributed by atoms with Gasteiger partial charge in [0, 0.05) is 0 Å². The van der Waals surface area contributed by atoms with Gasteiger partial charge in [-0.3, -0.25) is 4.79 Å². The van der Waals surface area contributed by atoms with Gasteiger partial charge in [0.05, 0.1) is 19.1 Å². The number of ether oxygens (including phenoxy) is 1. The molecule has 0 amide bonds. The number of carboxylic acid groups (broad SMARTS) is 1. The van der Waals surface area contributed by atoms with Gasteiger partial charge in [-0.05, 0) is 10.8 Å². The van der Waals surface area contributed by atoms with Crippen molar-refractivity contribution in [1.82, 2.24) is 0 Å². The maximum absolute atomic E-state index is 9.77. The van der Waals surface area contributed by atoms with E-state index in [-0.39, 0.29) is 12.5 Å². The minimum Gasteiger partial charge on any atom is -0.481 e. The standard InChI is InChI=1S/C8H6.C4H6O3/c1-2-8-5-3-7(1)4-6-8;5-4(6)1-3-2-7-3/h1-6H;3H,1-2H2,(H,5,6). The van der Waals surface area contributed by atoms with Crippen LogP contribution in [0.4, 0.5) is 0 Å². The van der Waals surface area contributed by atoms with Crippen molar-refractivity contribution in [3.63, 3.8) is 0 Å². The first kappa shape index (κ1) is 9.93. The maximum atomic E-state index is 9.77. The topological polar surface area (TPSA) is 49.8 Å². The molecule has 1 saturated heterocycles. The first-order valence-electron chi connectivity index (χ1n) is 4.85. The Morgan fingerprint density at radius 1 is 1.20 bits per heavy atom. The number of benzene rings is 3. The first-order valence-corrected chi connectivity index (χ1v) is 4.85. The highest BCUT2D eigenvalue weighted by Gasteiger charge is 2.24. The van der Waals surface area contributed by atoms with Crippen LogP contribution in [0.3, 0.4) is 0 Å². The van der Waals surface area contributed by atoms with Gasteiger partial charge in [0.1, 0.15) is 0 Å². The summed E-state index contributed by atoms with van der Waals surface area (Å²) in [6.45, 7) is 0.631. The van der Waals surface area contributed by atoms with E-state index >= 15 is 0 Å². The average molecular weight is 204 g/mol. The molecule has 1 N–H and O–H groups in total. The molecular formula is C12H12O3. The zero-order valence-corrected chi connectivity index (χ0v) is 8.22. The predicted molar refractivity (Wildman–Crippen MR) is 57.1 cm³/mol. The number of rotatable bonds is 2. The third kappa shape index (κ3) is 3.22. The van der Waals surface area contributed by atoms with E-state index in [1.54, 1.807) is 0 Å². The molecule has 1 heterocycles. The summed E-state index contributed by atoms with van der Waals surface area (Å²) in [6, 6.07) is 12.7. The fraction of sp³-hybridized carbons (Fsp3) is 0.250. The van der Waals surface area contributed by atoms with Gasteiger partial charge in [0.2, 0.25) is 0 Å². The zero-order chi connectivity index (χ0) is 10.7. The molecule has 78 valence electrons. The van der Waals surface area contributed by atoms with Gasteiger partial charge in [-0.15, -0.1) is 0 Å². The summed E-state index contributed by atoms with van der Waals surface area (Å²) in [7, 11) is 0. The van der Waals surface area contributed by atoms with Crippen molar-refractivity contribution >= 4 is 16.7 Å². The second-order valence-electron chi connectivity index (χ2n) is 3.55. The Hall–Kier alpha value is -1.61. The molecule has 3 aromatic rings. The van der Waals surface area contributed by atoms with Crippen LogP contribution < -0.4 is 0 Å². The monoisotopic (exact) mass is 204 g/mol. The minimum atomic E-state index is -0.775. The summed E-state index contributed by atoms with van der Waals surface area (Å²) in [4.78, 5) is 9.77. The lowest BCUT2D eigenvalue weighted by atomic mass is 10.1. The smallest absolute Gasteiger partial charge is 0.306 e. The quantitative estimate of drug-likeness (QED) is 0.762. The van der Waals surface area contributed by atoms with Crippen LogP contribution in [0.25, 0.3) is 10.8 Å². The van der Waals surface area contributed by atoms with Crippen LogP contribution in [0.2, 0.25) is 0 Å². The van der Waals surface area contributed by atoms with Crippen LogP contribution >= 0.6 is 0 Å². The van der Waals surface area contributed by atoms with E-state index in [0.29, 0.717) is 6.61 Å². The third-order valence-electron chi connectivity index (χ3n) is 2.21. The molecule has 2 bridgehead atoms. The zero-order valence-electron chi connectivity index (χ0n) is 8.22. The lowest BCUT2D eigenvalue weighted by Crippen LogP contribution is -1.98. The third-order valence-corrected chi connectivity index (χ3v) is 2.21. The van der Waals surface area contributed by atoms with Crippen LogP contribution in [-0.2, 0) is 9.53 Å². The highest BCUT2D eigenvalue weighted by Crippen LogP contribution is 2.12. The van der Waals surface area contributed by atoms with Crippen molar-refractivity contribution < 1.29 is 14.6 Å². The van der Waals surface area contributed by atoms with Crippen LogP contribution in [0, 0.1) is 0 Å². The number of carboxylic acids is 1. The molecular weight excluding hydrogens is 192 g/mol. The van der Waals surface area contributed by atoms with Crippen molar-refractivity contribution in [2.24, 2.45) is 0 Å². The lowest BCUT2D eigenvalue weighted by Gasteiger charge is -1.92. The van der Waals surface area contributed by atoms with Gasteiger partial charge in [0.25, 0.3) is 0 Å². The fourth-order valence-corrected chi connectivity index (χ4v) is 1.29. The Morgan fingerprint density at radius 2 is 1.60 bits per heavy atom. The molecule has 0 radical (unpaired) electrons. The van der Waals surface area contributed by atoms with Gasteiger partial charge in [-0.1, -0.05) is 36.4 Å². The highest BCUT2D eigenvalue weighted by molar-refractivity contribution is 5.68. The number of aliphatic carboxylic acids is 1. The van der Waals surface area contributed by atoms with Crippen LogP contribution in [0.15, 0.2) is 36.4 Å². The molecule has 3 aromatic carbocycles. The van der Waals surface area contributed by atoms with Crippen molar-refractivity contribution in [1.29, 1.82) is 0 Å². The summed E-state index contributed by atoms with van der Waals surface area (Å²) in [5.41, 5.74) is 0. The number of epoxide rings is 1. The summed E-state index contributed by atoms with van der Waals surface area (Å²) < 4.78 is 4.64. The molecule has 1 aliphatic heterocycles. The largest absolute Gasteiger partial charge is 0.481 e. The molecule has 0 spiro atoms. The van der Waals surface area contributed by atoms with E-state index < -0.39 is 5.97 Å². The van der Waals surface area contributed by atoms with Gasteiger partial charge < -0.3 is 9.84 Å². The normalized spacial score (nSPS) is 18.3. The molecule has 1 unspecified atom stereocenters. The molecule has 4 rings (SSSR count). The van der Waals surface area contributed by atoms with E-state index in [0.717, 1.165) is 0 Å². The Balaban J connectivity index is 0.000000115. The van der Waals surface area contributed by atoms with Gasteiger partial charge in [-0.2, -0.15) is 0 Å². The molecule has 0 aromatic heterocycles.